The van der Waals surface area contributed by atoms with E-state index in [4.69, 9.17) is 0 Å². The molecule has 1 atom stereocenters. The van der Waals surface area contributed by atoms with Crippen molar-refractivity contribution in [2.24, 2.45) is 0 Å². The first-order valence-corrected chi connectivity index (χ1v) is 7.63. The van der Waals surface area contributed by atoms with Gasteiger partial charge in [-0.2, -0.15) is 0 Å². The van der Waals surface area contributed by atoms with E-state index in [2.05, 4.69) is 40.3 Å². The van der Waals surface area contributed by atoms with E-state index < -0.39 is 0 Å². The molecule has 1 heterocycles. The van der Waals surface area contributed by atoms with E-state index in [1.165, 1.54) is 11.5 Å². The number of carbonyl (C=O) groups is 1. The molecule has 4 heteroatoms. The molecule has 0 aliphatic carbocycles. The highest BCUT2D eigenvalue weighted by atomic mass is 16.1. The van der Waals surface area contributed by atoms with Crippen LogP contribution in [-0.2, 0) is 0 Å². The molecule has 0 saturated carbocycles. The lowest BCUT2D eigenvalue weighted by Crippen LogP contribution is -2.15. The fourth-order valence-electron chi connectivity index (χ4n) is 2.74. The molecule has 3 aromatic rings. The zero-order chi connectivity index (χ0) is 16.4. The largest absolute Gasteiger partial charge is 0.311 e. The van der Waals surface area contributed by atoms with Crippen molar-refractivity contribution < 1.29 is 4.79 Å². The van der Waals surface area contributed by atoms with E-state index >= 15 is 0 Å². The van der Waals surface area contributed by atoms with Gasteiger partial charge in [-0.1, -0.05) is 49.4 Å². The molecule has 0 radical (unpaired) electrons. The summed E-state index contributed by atoms with van der Waals surface area (Å²) >= 11 is 0. The van der Waals surface area contributed by atoms with Crippen molar-refractivity contribution in [3.8, 4) is 0 Å². The predicted octanol–water partition coefficient (Wildman–Crippen LogP) is 3.61. The highest BCUT2D eigenvalue weighted by Gasteiger charge is 2.15. The number of hydrogen-bond acceptors (Lipinski definition) is 3. The molecule has 1 N–H and O–H groups in total. The smallest absolute Gasteiger partial charge is 0.251 e. The lowest BCUT2D eigenvalue weighted by molar-refractivity contribution is 0.0970. The van der Waals surface area contributed by atoms with Gasteiger partial charge in [-0.05, 0) is 29.2 Å². The highest BCUT2D eigenvalue weighted by Crippen LogP contribution is 2.24. The second kappa shape index (κ2) is 6.16. The summed E-state index contributed by atoms with van der Waals surface area (Å²) in [5, 5.41) is 2.34. The number of ketones is 1. The van der Waals surface area contributed by atoms with Crippen molar-refractivity contribution in [3.05, 3.63) is 76.0 Å². The van der Waals surface area contributed by atoms with Crippen LogP contribution in [0.1, 0.15) is 41.1 Å². The van der Waals surface area contributed by atoms with Gasteiger partial charge >= 0.3 is 0 Å². The van der Waals surface area contributed by atoms with Gasteiger partial charge in [0.1, 0.15) is 11.5 Å². The summed E-state index contributed by atoms with van der Waals surface area (Å²) in [6, 6.07) is 15.7. The zero-order valence-corrected chi connectivity index (χ0v) is 13.2. The number of nitrogens with one attached hydrogen (secondary N) is 1. The summed E-state index contributed by atoms with van der Waals surface area (Å²) in [5.74, 6) is 0.410. The van der Waals surface area contributed by atoms with E-state index in [0.717, 1.165) is 10.9 Å². The Kier molecular flexibility index (Phi) is 4.06. The second-order valence-corrected chi connectivity index (χ2v) is 5.85. The molecular formula is C19H18N2O2. The molecule has 1 aromatic heterocycles. The summed E-state index contributed by atoms with van der Waals surface area (Å²) in [5.41, 5.74) is 1.05. The quantitative estimate of drug-likeness (QED) is 0.749. The minimum Gasteiger partial charge on any atom is -0.311 e. The lowest BCUT2D eigenvalue weighted by Gasteiger charge is -2.12. The zero-order valence-electron chi connectivity index (χ0n) is 13.2. The van der Waals surface area contributed by atoms with Crippen LogP contribution in [0.5, 0.6) is 0 Å². The maximum atomic E-state index is 12.4. The Labute approximate surface area is 134 Å². The fourth-order valence-corrected chi connectivity index (χ4v) is 2.74. The molecule has 0 aliphatic rings. The van der Waals surface area contributed by atoms with Crippen LogP contribution < -0.4 is 5.56 Å². The molecule has 0 saturated heterocycles. The molecule has 116 valence electrons. The Morgan fingerprint density at radius 3 is 2.61 bits per heavy atom. The van der Waals surface area contributed by atoms with E-state index in [-0.39, 0.29) is 23.0 Å². The lowest BCUT2D eigenvalue weighted by atomic mass is 9.93. The van der Waals surface area contributed by atoms with E-state index in [9.17, 15) is 9.59 Å². The average Bonchev–Trinajstić information content (AvgIpc) is 2.53. The molecule has 0 aliphatic heterocycles. The number of H-pyrrole nitrogens is 1. The van der Waals surface area contributed by atoms with Crippen LogP contribution in [0, 0.1) is 6.92 Å². The van der Waals surface area contributed by atoms with Gasteiger partial charge in [0.05, 0.1) is 0 Å². The number of Topliss-reactive ketones (excluding diaryl/α,β-unsaturated/α-hetero) is 1. The van der Waals surface area contributed by atoms with Gasteiger partial charge in [0.25, 0.3) is 5.56 Å². The molecular weight excluding hydrogens is 288 g/mol. The minimum atomic E-state index is -0.292. The standard InChI is InChI=1S/C19H18N2O2/c1-12(9-18(22)17-11-19(23)21-13(2)20-17)15-8-7-14-5-3-4-6-16(14)10-15/h3-8,10-12H,9H2,1-2H3,(H,20,21,23)/t12-/m0/s1. The molecule has 2 aromatic carbocycles. The Morgan fingerprint density at radius 2 is 1.87 bits per heavy atom. The first-order valence-electron chi connectivity index (χ1n) is 7.63. The molecule has 0 fully saturated rings. The van der Waals surface area contributed by atoms with Gasteiger partial charge in [0.15, 0.2) is 5.78 Å². The summed E-state index contributed by atoms with van der Waals surface area (Å²) in [6.07, 6.45) is 0.328. The molecule has 23 heavy (non-hydrogen) atoms. The monoisotopic (exact) mass is 306 g/mol. The minimum absolute atomic E-state index is 0.0634. The number of aromatic amines is 1. The number of rotatable bonds is 4. The first kappa shape index (κ1) is 15.2. The van der Waals surface area contributed by atoms with Crippen molar-refractivity contribution in [3.63, 3.8) is 0 Å². The number of hydrogen-bond donors (Lipinski definition) is 1. The average molecular weight is 306 g/mol. The van der Waals surface area contributed by atoms with Crippen LogP contribution in [0.25, 0.3) is 10.8 Å². The van der Waals surface area contributed by atoms with Crippen LogP contribution in [-0.4, -0.2) is 15.8 Å². The fraction of sp³-hybridized carbons (Fsp3) is 0.211. The number of nitrogens with zero attached hydrogens (tertiary/aromatic N) is 1. The van der Waals surface area contributed by atoms with Gasteiger partial charge in [-0.25, -0.2) is 4.98 Å². The topological polar surface area (TPSA) is 62.8 Å². The molecule has 0 amide bonds. The highest BCUT2D eigenvalue weighted by molar-refractivity contribution is 5.94. The summed E-state index contributed by atoms with van der Waals surface area (Å²) in [7, 11) is 0. The third-order valence-corrected chi connectivity index (χ3v) is 3.98. The Balaban J connectivity index is 1.83. The Morgan fingerprint density at radius 1 is 1.13 bits per heavy atom. The van der Waals surface area contributed by atoms with Gasteiger partial charge in [0, 0.05) is 12.5 Å². The maximum Gasteiger partial charge on any atom is 0.251 e. The summed E-state index contributed by atoms with van der Waals surface area (Å²) in [4.78, 5) is 30.5. The Hall–Kier alpha value is -2.75. The van der Waals surface area contributed by atoms with E-state index in [1.807, 2.05) is 19.1 Å². The van der Waals surface area contributed by atoms with E-state index in [1.54, 1.807) is 6.92 Å². The SMILES string of the molecule is Cc1nc(C(=O)C[C@H](C)c2ccc3ccccc3c2)cc(=O)[nH]1. The van der Waals surface area contributed by atoms with Crippen LogP contribution in [0.2, 0.25) is 0 Å². The first-order chi connectivity index (χ1) is 11.0. The van der Waals surface area contributed by atoms with Crippen LogP contribution in [0.4, 0.5) is 0 Å². The summed E-state index contributed by atoms with van der Waals surface area (Å²) in [6.45, 7) is 3.69. The van der Waals surface area contributed by atoms with E-state index in [0.29, 0.717) is 12.2 Å². The van der Waals surface area contributed by atoms with Crippen molar-refractivity contribution in [1.82, 2.24) is 9.97 Å². The molecule has 3 rings (SSSR count). The number of carbonyl (C=O) groups excluding carboxylic acids is 1. The van der Waals surface area contributed by atoms with Crippen molar-refractivity contribution in [2.45, 2.75) is 26.2 Å². The van der Waals surface area contributed by atoms with Gasteiger partial charge in [0.2, 0.25) is 0 Å². The third-order valence-electron chi connectivity index (χ3n) is 3.98. The number of benzene rings is 2. The van der Waals surface area contributed by atoms with Crippen molar-refractivity contribution >= 4 is 16.6 Å². The van der Waals surface area contributed by atoms with Gasteiger partial charge in [-0.15, -0.1) is 0 Å². The third kappa shape index (κ3) is 3.37. The maximum absolute atomic E-state index is 12.4. The van der Waals surface area contributed by atoms with Crippen molar-refractivity contribution in [2.75, 3.05) is 0 Å². The van der Waals surface area contributed by atoms with Gasteiger partial charge < -0.3 is 4.98 Å². The number of aromatic nitrogens is 2. The van der Waals surface area contributed by atoms with Gasteiger partial charge in [-0.3, -0.25) is 9.59 Å². The van der Waals surface area contributed by atoms with Crippen LogP contribution in [0.3, 0.4) is 0 Å². The molecule has 0 spiro atoms. The normalized spacial score (nSPS) is 12.3. The number of aryl methyl sites for hydroxylation is 1. The molecule has 0 unspecified atom stereocenters. The van der Waals surface area contributed by atoms with Crippen LogP contribution in [0.15, 0.2) is 53.3 Å². The molecule has 4 nitrogen and oxygen atoms in total. The van der Waals surface area contributed by atoms with Crippen LogP contribution >= 0.6 is 0 Å². The second-order valence-electron chi connectivity index (χ2n) is 5.85. The Bertz CT molecular complexity index is 928. The predicted molar refractivity (Wildman–Crippen MR) is 90.9 cm³/mol. The van der Waals surface area contributed by atoms with Crippen molar-refractivity contribution in [1.29, 1.82) is 0 Å². The number of fused-ring (bicyclic) bond motifs is 1. The molecule has 0 bridgehead atoms. The summed E-state index contributed by atoms with van der Waals surface area (Å²) < 4.78 is 0.